The summed E-state index contributed by atoms with van der Waals surface area (Å²) in [5.74, 6) is 0. The zero-order valence-electron chi connectivity index (χ0n) is 11.2. The lowest BCUT2D eigenvalue weighted by Gasteiger charge is -2.20. The van der Waals surface area contributed by atoms with Crippen LogP contribution in [0.25, 0.3) is 0 Å². The fourth-order valence-electron chi connectivity index (χ4n) is 1.96. The molecule has 21 heavy (non-hydrogen) atoms. The van der Waals surface area contributed by atoms with Gasteiger partial charge in [0.15, 0.2) is 0 Å². The van der Waals surface area contributed by atoms with Crippen LogP contribution in [0, 0.1) is 0 Å². The molecule has 0 saturated carbocycles. The van der Waals surface area contributed by atoms with Gasteiger partial charge < -0.3 is 10.6 Å². The second-order valence-corrected chi connectivity index (χ2v) is 5.23. The Bertz CT molecular complexity index is 457. The zero-order chi connectivity index (χ0) is 15.9. The van der Waals surface area contributed by atoms with Gasteiger partial charge in [-0.05, 0) is 12.8 Å². The molecule has 2 saturated heterocycles. The van der Waals surface area contributed by atoms with Crippen LogP contribution in [0.2, 0.25) is 0 Å². The molecule has 2 bridgehead atoms. The van der Waals surface area contributed by atoms with Crippen LogP contribution >= 0.6 is 0 Å². The molecule has 2 rings (SSSR count). The number of nitrogens with zero attached hydrogens (tertiary/aromatic N) is 2. The maximum Gasteiger partial charge on any atom is 0.418 e. The number of hydroxylamine groups is 3. The number of carbonyl (C=O) groups excluding carboxylic acids is 2. The third-order valence-electron chi connectivity index (χ3n) is 2.71. The van der Waals surface area contributed by atoms with E-state index in [4.69, 9.17) is 10.3 Å². The predicted molar refractivity (Wildman–Crippen MR) is 68.7 cm³/mol. The molecule has 12 heteroatoms. The molecule has 2 aliphatic rings. The van der Waals surface area contributed by atoms with Gasteiger partial charge in [-0.1, -0.05) is 0 Å². The second kappa shape index (κ2) is 8.09. The van der Waals surface area contributed by atoms with Crippen molar-refractivity contribution < 1.29 is 31.7 Å². The van der Waals surface area contributed by atoms with Crippen molar-refractivity contribution in [2.45, 2.75) is 18.9 Å². The lowest BCUT2D eigenvalue weighted by molar-refractivity contribution is -0.120. The van der Waals surface area contributed by atoms with Crippen LogP contribution < -0.4 is 11.2 Å². The Morgan fingerprint density at radius 2 is 2.24 bits per heavy atom. The number of carbonyl (C=O) groups is 2. The molecular weight excluding hydrogens is 308 g/mol. The van der Waals surface area contributed by atoms with Gasteiger partial charge in [-0.3, -0.25) is 14.2 Å². The van der Waals surface area contributed by atoms with Gasteiger partial charge in [0.25, 0.3) is 0 Å². The van der Waals surface area contributed by atoms with Crippen molar-refractivity contribution in [3.05, 3.63) is 0 Å². The number of amides is 3. The van der Waals surface area contributed by atoms with Crippen LogP contribution in [-0.4, -0.2) is 67.7 Å². The molecule has 1 atom stereocenters. The van der Waals surface area contributed by atoms with E-state index in [-0.39, 0.29) is 6.04 Å². The second-order valence-electron chi connectivity index (χ2n) is 4.23. The number of hydrogen-bond donors (Lipinski definition) is 3. The topological polar surface area (TPSA) is 151 Å². The van der Waals surface area contributed by atoms with Crippen molar-refractivity contribution in [2.75, 3.05) is 26.2 Å². The highest BCUT2D eigenvalue weighted by atomic mass is 32.3. The number of fused-ring (bicyclic) bond motifs is 2. The van der Waals surface area contributed by atoms with Crippen LogP contribution in [0.4, 0.5) is 4.79 Å². The minimum absolute atomic E-state index is 0.266. The number of piperidine rings is 1. The number of urea groups is 1. The van der Waals surface area contributed by atoms with E-state index in [9.17, 15) is 18.0 Å². The summed E-state index contributed by atoms with van der Waals surface area (Å²) >= 11 is 0. The normalized spacial score (nSPS) is 20.9. The van der Waals surface area contributed by atoms with E-state index in [2.05, 4.69) is 9.12 Å². The Morgan fingerprint density at radius 3 is 2.76 bits per heavy atom. The van der Waals surface area contributed by atoms with Crippen LogP contribution in [0.1, 0.15) is 12.8 Å². The quantitative estimate of drug-likeness (QED) is 0.225. The van der Waals surface area contributed by atoms with Gasteiger partial charge in [-0.25, -0.2) is 10.3 Å². The van der Waals surface area contributed by atoms with Gasteiger partial charge in [0.1, 0.15) is 0 Å². The van der Waals surface area contributed by atoms with Crippen molar-refractivity contribution in [1.82, 2.24) is 15.4 Å². The van der Waals surface area contributed by atoms with Gasteiger partial charge in [0.05, 0.1) is 12.6 Å². The lowest BCUT2D eigenvalue weighted by atomic mass is 10.1. The molecule has 0 aromatic carbocycles. The summed E-state index contributed by atoms with van der Waals surface area (Å²) in [6, 6.07) is -0.761. The third kappa shape index (κ3) is 5.81. The zero-order valence-corrected chi connectivity index (χ0v) is 12.0. The molecule has 0 aliphatic carbocycles. The molecule has 0 radical (unpaired) electrons. The SMILES string of the molecule is NCCONC=O.O=C1N2CCCC(C2)N1OS(=O)(=O)O. The summed E-state index contributed by atoms with van der Waals surface area (Å²) < 4.78 is 33.5. The molecule has 1 unspecified atom stereocenters. The lowest BCUT2D eigenvalue weighted by Crippen LogP contribution is -2.35. The fourth-order valence-corrected chi connectivity index (χ4v) is 2.35. The first-order chi connectivity index (χ1) is 9.89. The molecule has 0 aromatic rings. The Balaban J connectivity index is 0.000000270. The first kappa shape index (κ1) is 17.6. The Labute approximate surface area is 121 Å². The van der Waals surface area contributed by atoms with Crippen molar-refractivity contribution in [3.8, 4) is 0 Å². The fraction of sp³-hybridized carbons (Fsp3) is 0.778. The molecular formula is C9H18N4O7S. The van der Waals surface area contributed by atoms with Gasteiger partial charge in [0.2, 0.25) is 6.41 Å². The average Bonchev–Trinajstić information content (AvgIpc) is 2.62. The summed E-state index contributed by atoms with van der Waals surface area (Å²) in [6.07, 6.45) is 1.97. The molecule has 2 fully saturated rings. The van der Waals surface area contributed by atoms with E-state index in [0.717, 1.165) is 11.5 Å². The van der Waals surface area contributed by atoms with E-state index in [1.165, 1.54) is 4.90 Å². The van der Waals surface area contributed by atoms with Crippen molar-refractivity contribution in [2.24, 2.45) is 5.73 Å². The first-order valence-electron chi connectivity index (χ1n) is 6.15. The van der Waals surface area contributed by atoms with E-state index in [0.29, 0.717) is 39.1 Å². The monoisotopic (exact) mass is 326 g/mol. The van der Waals surface area contributed by atoms with Crippen molar-refractivity contribution in [1.29, 1.82) is 0 Å². The molecule has 3 amide bonds. The van der Waals surface area contributed by atoms with Crippen LogP contribution in [-0.2, 0) is 24.3 Å². The molecule has 0 spiro atoms. The van der Waals surface area contributed by atoms with Crippen LogP contribution in [0.3, 0.4) is 0 Å². The van der Waals surface area contributed by atoms with Crippen LogP contribution in [0.15, 0.2) is 0 Å². The third-order valence-corrected chi connectivity index (χ3v) is 3.06. The van der Waals surface area contributed by atoms with Crippen LogP contribution in [0.5, 0.6) is 0 Å². The van der Waals surface area contributed by atoms with Gasteiger partial charge >= 0.3 is 16.4 Å². The summed E-state index contributed by atoms with van der Waals surface area (Å²) in [4.78, 5) is 26.7. The number of nitrogens with one attached hydrogen (secondary N) is 1. The Hall–Kier alpha value is -1.47. The highest BCUT2D eigenvalue weighted by Crippen LogP contribution is 2.25. The maximum atomic E-state index is 11.4. The summed E-state index contributed by atoms with van der Waals surface area (Å²) in [6.45, 7) is 1.86. The Kier molecular flexibility index (Phi) is 6.77. The van der Waals surface area contributed by atoms with E-state index >= 15 is 0 Å². The number of hydrogen-bond acceptors (Lipinski definition) is 7. The minimum Gasteiger partial charge on any atom is -0.328 e. The predicted octanol–water partition coefficient (Wildman–Crippen LogP) is -1.76. The summed E-state index contributed by atoms with van der Waals surface area (Å²) in [5, 5.41) is 0.738. The molecule has 0 aromatic heterocycles. The molecule has 11 nitrogen and oxygen atoms in total. The van der Waals surface area contributed by atoms with E-state index in [1.807, 2.05) is 5.48 Å². The number of rotatable bonds is 6. The largest absolute Gasteiger partial charge is 0.418 e. The van der Waals surface area contributed by atoms with Gasteiger partial charge in [-0.15, -0.1) is 4.28 Å². The molecule has 4 N–H and O–H groups in total. The highest BCUT2D eigenvalue weighted by molar-refractivity contribution is 7.80. The molecule has 122 valence electrons. The van der Waals surface area contributed by atoms with Gasteiger partial charge in [-0.2, -0.15) is 13.5 Å². The van der Waals surface area contributed by atoms with E-state index in [1.54, 1.807) is 0 Å². The first-order valence-corrected chi connectivity index (χ1v) is 7.51. The number of nitrogens with two attached hydrogens (primary N) is 1. The van der Waals surface area contributed by atoms with E-state index < -0.39 is 16.4 Å². The summed E-state index contributed by atoms with van der Waals surface area (Å²) in [7, 11) is -4.60. The smallest absolute Gasteiger partial charge is 0.328 e. The summed E-state index contributed by atoms with van der Waals surface area (Å²) in [5.41, 5.74) is 6.98. The van der Waals surface area contributed by atoms with Crippen molar-refractivity contribution in [3.63, 3.8) is 0 Å². The van der Waals surface area contributed by atoms with Crippen molar-refractivity contribution >= 4 is 22.8 Å². The highest BCUT2D eigenvalue weighted by Gasteiger charge is 2.42. The standard InChI is InChI=1S/C6H10N2O5S.C3H8N2O2/c9-6-7-3-1-2-5(4-7)8(6)13-14(10,11)12;4-1-2-7-5-3-6/h5H,1-4H2,(H,10,11,12);3H,1-2,4H2,(H,5,6). The van der Waals surface area contributed by atoms with Gasteiger partial charge in [0, 0.05) is 19.6 Å². The minimum atomic E-state index is -4.60. The average molecular weight is 326 g/mol. The molecule has 2 heterocycles. The molecule has 2 aliphatic heterocycles. The Morgan fingerprint density at radius 1 is 1.52 bits per heavy atom. The maximum absolute atomic E-state index is 11.4.